The molecule has 0 aromatic heterocycles. The SMILES string of the molecule is CCC/C1=C\N(C)C(C)=NC(N2CCCOCC2)CN1. The van der Waals surface area contributed by atoms with Crippen molar-refractivity contribution in [1.82, 2.24) is 15.1 Å². The second-order valence-electron chi connectivity index (χ2n) is 5.55. The van der Waals surface area contributed by atoms with E-state index in [1.807, 2.05) is 0 Å². The van der Waals surface area contributed by atoms with Gasteiger partial charge in [-0.25, -0.2) is 0 Å². The molecule has 1 fully saturated rings. The summed E-state index contributed by atoms with van der Waals surface area (Å²) in [5.74, 6) is 1.08. The van der Waals surface area contributed by atoms with Gasteiger partial charge in [-0.2, -0.15) is 0 Å². The molecule has 2 aliphatic rings. The van der Waals surface area contributed by atoms with Crippen molar-refractivity contribution in [3.63, 3.8) is 0 Å². The minimum Gasteiger partial charge on any atom is -0.384 e. The Bertz CT molecular complexity index is 359. The summed E-state index contributed by atoms with van der Waals surface area (Å²) in [6, 6.07) is 0. The first-order valence-corrected chi connectivity index (χ1v) is 7.74. The lowest BCUT2D eigenvalue weighted by molar-refractivity contribution is 0.132. The molecule has 0 aliphatic carbocycles. The molecule has 0 aromatic carbocycles. The number of aliphatic imine (C=N–C) groups is 1. The van der Waals surface area contributed by atoms with Crippen LogP contribution >= 0.6 is 0 Å². The van der Waals surface area contributed by atoms with Gasteiger partial charge in [-0.15, -0.1) is 0 Å². The number of nitrogens with zero attached hydrogens (tertiary/aromatic N) is 3. The molecule has 0 amide bonds. The summed E-state index contributed by atoms with van der Waals surface area (Å²) in [5.41, 5.74) is 1.31. The lowest BCUT2D eigenvalue weighted by atomic mass is 10.2. The molecule has 0 aromatic rings. The number of hydrogen-bond donors (Lipinski definition) is 1. The zero-order valence-corrected chi connectivity index (χ0v) is 13.1. The molecule has 1 atom stereocenters. The minimum absolute atomic E-state index is 0.208. The van der Waals surface area contributed by atoms with Gasteiger partial charge in [-0.1, -0.05) is 13.3 Å². The van der Waals surface area contributed by atoms with Crippen molar-refractivity contribution in [2.75, 3.05) is 39.9 Å². The van der Waals surface area contributed by atoms with Crippen LogP contribution in [0.2, 0.25) is 0 Å². The topological polar surface area (TPSA) is 40.1 Å². The van der Waals surface area contributed by atoms with Crippen LogP contribution in [-0.2, 0) is 4.74 Å². The van der Waals surface area contributed by atoms with Crippen molar-refractivity contribution in [3.8, 4) is 0 Å². The van der Waals surface area contributed by atoms with Gasteiger partial charge in [0.2, 0.25) is 0 Å². The highest BCUT2D eigenvalue weighted by molar-refractivity contribution is 5.80. The Morgan fingerprint density at radius 2 is 2.25 bits per heavy atom. The van der Waals surface area contributed by atoms with E-state index in [1.54, 1.807) is 0 Å². The van der Waals surface area contributed by atoms with Crippen LogP contribution in [0.4, 0.5) is 0 Å². The number of rotatable bonds is 3. The Balaban J connectivity index is 2.08. The van der Waals surface area contributed by atoms with Gasteiger partial charge >= 0.3 is 0 Å². The van der Waals surface area contributed by atoms with Crippen LogP contribution in [0, 0.1) is 0 Å². The molecule has 1 N–H and O–H groups in total. The fraction of sp³-hybridized carbons (Fsp3) is 0.800. The molecule has 0 spiro atoms. The summed E-state index contributed by atoms with van der Waals surface area (Å²) in [6.07, 6.45) is 5.72. The number of nitrogens with one attached hydrogen (secondary N) is 1. The maximum atomic E-state index is 5.55. The molecule has 0 bridgehead atoms. The predicted octanol–water partition coefficient (Wildman–Crippen LogP) is 1.63. The summed E-state index contributed by atoms with van der Waals surface area (Å²) in [5, 5.41) is 3.57. The van der Waals surface area contributed by atoms with E-state index in [-0.39, 0.29) is 6.17 Å². The monoisotopic (exact) mass is 280 g/mol. The highest BCUT2D eigenvalue weighted by atomic mass is 16.5. The predicted molar refractivity (Wildman–Crippen MR) is 82.7 cm³/mol. The summed E-state index contributed by atoms with van der Waals surface area (Å²) in [7, 11) is 2.07. The number of amidine groups is 1. The van der Waals surface area contributed by atoms with Gasteiger partial charge < -0.3 is 15.0 Å². The van der Waals surface area contributed by atoms with Crippen molar-refractivity contribution in [1.29, 1.82) is 0 Å². The third-order valence-corrected chi connectivity index (χ3v) is 3.91. The van der Waals surface area contributed by atoms with Crippen molar-refractivity contribution in [3.05, 3.63) is 11.9 Å². The summed E-state index contributed by atoms with van der Waals surface area (Å²) >= 11 is 0. The van der Waals surface area contributed by atoms with E-state index in [4.69, 9.17) is 9.73 Å². The van der Waals surface area contributed by atoms with E-state index in [0.29, 0.717) is 0 Å². The molecular weight excluding hydrogens is 252 g/mol. The van der Waals surface area contributed by atoms with Gasteiger partial charge in [0, 0.05) is 38.6 Å². The Hall–Kier alpha value is -1.07. The maximum absolute atomic E-state index is 5.55. The highest BCUT2D eigenvalue weighted by Crippen LogP contribution is 2.12. The van der Waals surface area contributed by atoms with Crippen LogP contribution < -0.4 is 5.32 Å². The van der Waals surface area contributed by atoms with E-state index in [0.717, 1.165) is 57.9 Å². The summed E-state index contributed by atoms with van der Waals surface area (Å²) in [6.45, 7) is 8.92. The molecule has 1 saturated heterocycles. The number of hydrogen-bond acceptors (Lipinski definition) is 5. The average molecular weight is 280 g/mol. The average Bonchev–Trinajstić information content (AvgIpc) is 2.70. The molecule has 0 saturated carbocycles. The molecule has 2 aliphatic heterocycles. The lowest BCUT2D eigenvalue weighted by Crippen LogP contribution is -2.44. The molecular formula is C15H28N4O. The summed E-state index contributed by atoms with van der Waals surface area (Å²) in [4.78, 5) is 9.44. The minimum atomic E-state index is 0.208. The quantitative estimate of drug-likeness (QED) is 0.853. The third-order valence-electron chi connectivity index (χ3n) is 3.91. The molecule has 2 rings (SSSR count). The van der Waals surface area contributed by atoms with Gasteiger partial charge in [0.1, 0.15) is 12.0 Å². The van der Waals surface area contributed by atoms with E-state index >= 15 is 0 Å². The van der Waals surface area contributed by atoms with Crippen molar-refractivity contribution in [2.45, 2.75) is 39.3 Å². The molecule has 1 unspecified atom stereocenters. The molecule has 0 radical (unpaired) electrons. The zero-order chi connectivity index (χ0) is 14.4. The van der Waals surface area contributed by atoms with Crippen LogP contribution in [0.15, 0.2) is 16.9 Å². The van der Waals surface area contributed by atoms with Gasteiger partial charge in [0.05, 0.1) is 13.2 Å². The molecule has 114 valence electrons. The smallest absolute Gasteiger partial charge is 0.121 e. The second-order valence-corrected chi connectivity index (χ2v) is 5.55. The Labute approximate surface area is 122 Å². The number of allylic oxidation sites excluding steroid dienone is 1. The first kappa shape index (κ1) is 15.3. The Morgan fingerprint density at radius 1 is 1.40 bits per heavy atom. The Morgan fingerprint density at radius 3 is 3.05 bits per heavy atom. The van der Waals surface area contributed by atoms with Crippen LogP contribution in [0.25, 0.3) is 0 Å². The van der Waals surface area contributed by atoms with Crippen LogP contribution in [-0.4, -0.2) is 61.7 Å². The van der Waals surface area contributed by atoms with E-state index in [1.165, 1.54) is 5.70 Å². The first-order chi connectivity index (χ1) is 9.70. The third kappa shape index (κ3) is 4.21. The van der Waals surface area contributed by atoms with E-state index < -0.39 is 0 Å². The van der Waals surface area contributed by atoms with E-state index in [2.05, 4.69) is 42.2 Å². The fourth-order valence-corrected chi connectivity index (χ4v) is 2.64. The van der Waals surface area contributed by atoms with E-state index in [9.17, 15) is 0 Å². The second kappa shape index (κ2) is 7.64. The lowest BCUT2D eigenvalue weighted by Gasteiger charge is -2.31. The fourth-order valence-electron chi connectivity index (χ4n) is 2.64. The highest BCUT2D eigenvalue weighted by Gasteiger charge is 2.21. The largest absolute Gasteiger partial charge is 0.384 e. The molecule has 5 nitrogen and oxygen atoms in total. The maximum Gasteiger partial charge on any atom is 0.121 e. The van der Waals surface area contributed by atoms with Crippen molar-refractivity contribution in [2.24, 2.45) is 4.99 Å². The molecule has 20 heavy (non-hydrogen) atoms. The number of ether oxygens (including phenoxy) is 1. The molecule has 2 heterocycles. The first-order valence-electron chi connectivity index (χ1n) is 7.74. The van der Waals surface area contributed by atoms with Crippen LogP contribution in [0.1, 0.15) is 33.1 Å². The van der Waals surface area contributed by atoms with Crippen molar-refractivity contribution < 1.29 is 4.74 Å². The van der Waals surface area contributed by atoms with Crippen LogP contribution in [0.5, 0.6) is 0 Å². The normalized spacial score (nSPS) is 28.6. The van der Waals surface area contributed by atoms with Gasteiger partial charge in [-0.3, -0.25) is 9.89 Å². The summed E-state index contributed by atoms with van der Waals surface area (Å²) < 4.78 is 5.55. The standard InChI is InChI=1S/C15H28N4O/c1-4-6-14-12-18(3)13(2)17-15(11-16-14)19-7-5-9-20-10-8-19/h12,15-16H,4-11H2,1-3H3/b14-12+,17-13?. The van der Waals surface area contributed by atoms with Crippen LogP contribution in [0.3, 0.4) is 0 Å². The van der Waals surface area contributed by atoms with Gasteiger partial charge in [0.15, 0.2) is 0 Å². The zero-order valence-electron chi connectivity index (χ0n) is 13.1. The van der Waals surface area contributed by atoms with Gasteiger partial charge in [-0.05, 0) is 19.8 Å². The van der Waals surface area contributed by atoms with Gasteiger partial charge in [0.25, 0.3) is 0 Å². The molecule has 5 heteroatoms. The van der Waals surface area contributed by atoms with Crippen molar-refractivity contribution >= 4 is 5.84 Å². The Kier molecular flexibility index (Phi) is 5.86.